The van der Waals surface area contributed by atoms with Crippen LogP contribution in [0.4, 0.5) is 0 Å². The van der Waals surface area contributed by atoms with E-state index in [2.05, 4.69) is 0 Å². The molecule has 8 nitrogen and oxygen atoms in total. The topological polar surface area (TPSA) is 108 Å². The lowest BCUT2D eigenvalue weighted by atomic mass is 9.94. The monoisotopic (exact) mass is 418 g/mol. The SMILES string of the molecule is CO[C@]1(CC(=O)O)CC=C(C)[C@@H](/C(C)=C/CCCC(=O)CP(=O)(OC)OC)O1. The quantitative estimate of drug-likeness (QED) is 0.290. The predicted octanol–water partition coefficient (Wildman–Crippen LogP) is 3.71. The van der Waals surface area contributed by atoms with Crippen LogP contribution in [0.3, 0.4) is 0 Å². The molecule has 0 unspecified atom stereocenters. The molecule has 1 rings (SSSR count). The van der Waals surface area contributed by atoms with Crippen LogP contribution in [0.25, 0.3) is 0 Å². The Bertz CT molecular complexity index is 661. The first-order valence-corrected chi connectivity index (χ1v) is 10.8. The third-order valence-electron chi connectivity index (χ3n) is 4.74. The summed E-state index contributed by atoms with van der Waals surface area (Å²) < 4.78 is 32.9. The standard InChI is InChI=1S/C19H31O8P/c1-14(8-6-7-9-16(20)13-28(23,25-4)26-5)18-15(2)10-11-19(24-3,27-18)12-17(21)22/h8,10,18H,6-7,9,11-13H2,1-5H3,(H,21,22)/b14-8+/t18-,19-/m1/s1. The molecule has 2 atom stereocenters. The zero-order chi connectivity index (χ0) is 21.4. The molecule has 0 bridgehead atoms. The maximum Gasteiger partial charge on any atom is 0.337 e. The Labute approximate surface area is 166 Å². The van der Waals surface area contributed by atoms with Crippen molar-refractivity contribution in [1.29, 1.82) is 0 Å². The van der Waals surface area contributed by atoms with Crippen LogP contribution in [0, 0.1) is 0 Å². The van der Waals surface area contributed by atoms with Crippen molar-refractivity contribution < 1.29 is 37.8 Å². The molecule has 0 saturated carbocycles. The number of hydrogen-bond donors (Lipinski definition) is 1. The van der Waals surface area contributed by atoms with E-state index in [0.717, 1.165) is 11.1 Å². The van der Waals surface area contributed by atoms with Gasteiger partial charge in [0.05, 0.1) is 6.42 Å². The summed E-state index contributed by atoms with van der Waals surface area (Å²) in [7, 11) is 0.639. The minimum atomic E-state index is -3.32. The number of ether oxygens (including phenoxy) is 2. The highest BCUT2D eigenvalue weighted by Gasteiger charge is 2.39. The van der Waals surface area contributed by atoms with Gasteiger partial charge in [-0.1, -0.05) is 12.2 Å². The second kappa shape index (κ2) is 11.0. The molecule has 9 heteroatoms. The molecule has 0 spiro atoms. The number of carboxylic acid groups (broad SMARTS) is 1. The van der Waals surface area contributed by atoms with Crippen LogP contribution in [0.5, 0.6) is 0 Å². The third-order valence-corrected chi connectivity index (χ3v) is 6.59. The molecule has 0 saturated heterocycles. The number of methoxy groups -OCH3 is 1. The minimum absolute atomic E-state index is 0.178. The van der Waals surface area contributed by atoms with Crippen molar-refractivity contribution in [2.45, 2.75) is 57.8 Å². The maximum absolute atomic E-state index is 12.0. The lowest BCUT2D eigenvalue weighted by Gasteiger charge is -2.38. The molecule has 0 fully saturated rings. The van der Waals surface area contributed by atoms with Gasteiger partial charge in [0, 0.05) is 34.2 Å². The van der Waals surface area contributed by atoms with Crippen LogP contribution in [-0.4, -0.2) is 56.2 Å². The van der Waals surface area contributed by atoms with Crippen molar-refractivity contribution in [2.24, 2.45) is 0 Å². The zero-order valence-corrected chi connectivity index (χ0v) is 18.1. The molecular formula is C19H31O8P. The summed E-state index contributed by atoms with van der Waals surface area (Å²) in [5.74, 6) is -2.34. The van der Waals surface area contributed by atoms with Gasteiger partial charge in [0.2, 0.25) is 0 Å². The van der Waals surface area contributed by atoms with E-state index in [1.165, 1.54) is 21.3 Å². The van der Waals surface area contributed by atoms with Crippen LogP contribution < -0.4 is 0 Å². The molecule has 28 heavy (non-hydrogen) atoms. The Kier molecular flexibility index (Phi) is 9.74. The highest BCUT2D eigenvalue weighted by atomic mass is 31.2. The maximum atomic E-state index is 12.0. The summed E-state index contributed by atoms with van der Waals surface area (Å²) in [5.41, 5.74) is 1.91. The number of ketones is 1. The molecule has 0 aromatic rings. The van der Waals surface area contributed by atoms with E-state index in [-0.39, 0.29) is 30.9 Å². The summed E-state index contributed by atoms with van der Waals surface area (Å²) in [6.45, 7) is 3.83. The van der Waals surface area contributed by atoms with Crippen molar-refractivity contribution in [1.82, 2.24) is 0 Å². The average Bonchev–Trinajstić information content (AvgIpc) is 2.66. The van der Waals surface area contributed by atoms with Crippen molar-refractivity contribution in [2.75, 3.05) is 27.5 Å². The molecular weight excluding hydrogens is 387 g/mol. The first kappa shape index (κ1) is 24.7. The molecule has 0 amide bonds. The van der Waals surface area contributed by atoms with E-state index in [9.17, 15) is 14.2 Å². The van der Waals surface area contributed by atoms with Crippen molar-refractivity contribution in [3.05, 3.63) is 23.3 Å². The van der Waals surface area contributed by atoms with E-state index in [4.69, 9.17) is 23.6 Å². The van der Waals surface area contributed by atoms with Gasteiger partial charge in [-0.2, -0.15) is 0 Å². The fraction of sp³-hybridized carbons (Fsp3) is 0.684. The molecule has 1 aliphatic heterocycles. The van der Waals surface area contributed by atoms with Crippen LogP contribution in [0.1, 0.15) is 46.0 Å². The number of unbranched alkanes of at least 4 members (excludes halogenated alkanes) is 1. The van der Waals surface area contributed by atoms with Crippen LogP contribution in [-0.2, 0) is 32.7 Å². The number of Topliss-reactive ketones (excluding diaryl/α,β-unsaturated/α-hetero) is 1. The van der Waals surface area contributed by atoms with E-state index in [0.29, 0.717) is 19.3 Å². The molecule has 0 aromatic carbocycles. The second-order valence-corrected chi connectivity index (χ2v) is 9.12. The van der Waals surface area contributed by atoms with Crippen LogP contribution in [0.2, 0.25) is 0 Å². The summed E-state index contributed by atoms with van der Waals surface area (Å²) in [6.07, 6.45) is 4.92. The third kappa shape index (κ3) is 7.26. The van der Waals surface area contributed by atoms with Gasteiger partial charge in [0.1, 0.15) is 18.0 Å². The fourth-order valence-electron chi connectivity index (χ4n) is 3.01. The number of hydrogen-bond acceptors (Lipinski definition) is 7. The van der Waals surface area contributed by atoms with Crippen LogP contribution in [0.15, 0.2) is 23.3 Å². The minimum Gasteiger partial charge on any atom is -0.481 e. The molecule has 0 aromatic heterocycles. The highest BCUT2D eigenvalue weighted by Crippen LogP contribution is 2.46. The summed E-state index contributed by atoms with van der Waals surface area (Å²) in [6, 6.07) is 0. The molecule has 1 heterocycles. The molecule has 160 valence electrons. The zero-order valence-electron chi connectivity index (χ0n) is 17.2. The number of carboxylic acids is 1. The molecule has 0 radical (unpaired) electrons. The highest BCUT2D eigenvalue weighted by molar-refractivity contribution is 7.54. The van der Waals surface area contributed by atoms with Crippen molar-refractivity contribution in [3.63, 3.8) is 0 Å². The van der Waals surface area contributed by atoms with Gasteiger partial charge in [-0.15, -0.1) is 0 Å². The number of rotatable bonds is 12. The van der Waals surface area contributed by atoms with Gasteiger partial charge in [0.15, 0.2) is 5.79 Å². The Morgan fingerprint density at radius 2 is 2.00 bits per heavy atom. The van der Waals surface area contributed by atoms with Crippen molar-refractivity contribution >= 4 is 19.3 Å². The van der Waals surface area contributed by atoms with Gasteiger partial charge in [-0.25, -0.2) is 0 Å². The van der Waals surface area contributed by atoms with Gasteiger partial charge < -0.3 is 23.6 Å². The fourth-order valence-corrected chi connectivity index (χ4v) is 4.01. The summed E-state index contributed by atoms with van der Waals surface area (Å²) >= 11 is 0. The normalized spacial score (nSPS) is 23.4. The largest absolute Gasteiger partial charge is 0.481 e. The van der Waals surface area contributed by atoms with E-state index in [1.54, 1.807) is 0 Å². The Hall–Kier alpha value is -1.31. The number of carbonyl (C=O) groups excluding carboxylic acids is 1. The number of carbonyl (C=O) groups is 2. The van der Waals surface area contributed by atoms with Crippen molar-refractivity contribution in [3.8, 4) is 0 Å². The van der Waals surface area contributed by atoms with Gasteiger partial charge in [-0.05, 0) is 37.8 Å². The molecule has 0 aliphatic carbocycles. The predicted molar refractivity (Wildman–Crippen MR) is 104 cm³/mol. The lowest BCUT2D eigenvalue weighted by molar-refractivity contribution is -0.241. The smallest absolute Gasteiger partial charge is 0.337 e. The average molecular weight is 418 g/mol. The van der Waals surface area contributed by atoms with E-state index < -0.39 is 19.4 Å². The van der Waals surface area contributed by atoms with E-state index >= 15 is 0 Å². The van der Waals surface area contributed by atoms with E-state index in [1.807, 2.05) is 26.0 Å². The summed E-state index contributed by atoms with van der Waals surface area (Å²) in [4.78, 5) is 23.1. The molecule has 1 N–H and O–H groups in total. The van der Waals surface area contributed by atoms with Gasteiger partial charge in [-0.3, -0.25) is 14.2 Å². The first-order chi connectivity index (χ1) is 13.1. The lowest BCUT2D eigenvalue weighted by Crippen LogP contribution is -2.43. The Balaban J connectivity index is 2.64. The number of aliphatic carboxylic acids is 1. The van der Waals surface area contributed by atoms with Gasteiger partial charge in [0.25, 0.3) is 0 Å². The Morgan fingerprint density at radius 3 is 2.54 bits per heavy atom. The second-order valence-electron chi connectivity index (χ2n) is 6.85. The van der Waals surface area contributed by atoms with Crippen LogP contribution >= 0.6 is 7.60 Å². The summed E-state index contributed by atoms with van der Waals surface area (Å²) in [5, 5.41) is 9.13. The Morgan fingerprint density at radius 1 is 1.36 bits per heavy atom. The number of allylic oxidation sites excluding steroid dienone is 1. The van der Waals surface area contributed by atoms with Gasteiger partial charge >= 0.3 is 13.6 Å². The first-order valence-electron chi connectivity index (χ1n) is 9.10. The molecule has 1 aliphatic rings.